The van der Waals surface area contributed by atoms with Crippen LogP contribution in [0, 0.1) is 11.3 Å². The van der Waals surface area contributed by atoms with E-state index in [1.54, 1.807) is 0 Å². The van der Waals surface area contributed by atoms with Crippen molar-refractivity contribution in [3.8, 4) is 5.75 Å². The molecule has 2 aliphatic rings. The van der Waals surface area contributed by atoms with Crippen molar-refractivity contribution in [2.45, 2.75) is 71.5 Å². The maximum Gasteiger partial charge on any atom is 0.119 e. The third kappa shape index (κ3) is 3.56. The standard InChI is InChI=1S/C21H33NO2/c1-16(2)21(23)11-9-20(10-12-21)13-14-22(15-20)18-5-7-19(8-6-18)24-17(3)4/h5-8,16-17,23H,9-15H2,1-4H3. The molecule has 3 rings (SSSR count). The molecule has 1 saturated heterocycles. The highest BCUT2D eigenvalue weighted by Crippen LogP contribution is 2.49. The van der Waals surface area contributed by atoms with E-state index >= 15 is 0 Å². The van der Waals surface area contributed by atoms with Gasteiger partial charge in [-0.3, -0.25) is 0 Å². The van der Waals surface area contributed by atoms with E-state index in [9.17, 15) is 5.11 Å². The monoisotopic (exact) mass is 331 g/mol. The highest BCUT2D eigenvalue weighted by molar-refractivity contribution is 5.50. The van der Waals surface area contributed by atoms with Crippen LogP contribution in [-0.2, 0) is 0 Å². The van der Waals surface area contributed by atoms with Gasteiger partial charge in [-0.1, -0.05) is 13.8 Å². The maximum absolute atomic E-state index is 10.8. The normalized spacial score (nSPS) is 30.5. The Morgan fingerprint density at radius 3 is 2.12 bits per heavy atom. The summed E-state index contributed by atoms with van der Waals surface area (Å²) in [6.07, 6.45) is 5.71. The van der Waals surface area contributed by atoms with E-state index in [1.165, 1.54) is 12.1 Å². The quantitative estimate of drug-likeness (QED) is 0.873. The van der Waals surface area contributed by atoms with Gasteiger partial charge in [-0.25, -0.2) is 0 Å². The largest absolute Gasteiger partial charge is 0.491 e. The molecule has 0 amide bonds. The van der Waals surface area contributed by atoms with Crippen LogP contribution in [0.2, 0.25) is 0 Å². The summed E-state index contributed by atoms with van der Waals surface area (Å²) in [5.41, 5.74) is 1.27. The first kappa shape index (κ1) is 17.6. The van der Waals surface area contributed by atoms with Crippen LogP contribution in [0.4, 0.5) is 5.69 Å². The fraction of sp³-hybridized carbons (Fsp3) is 0.714. The number of hydrogen-bond acceptors (Lipinski definition) is 3. The minimum atomic E-state index is -0.436. The zero-order valence-electron chi connectivity index (χ0n) is 15.7. The molecule has 0 atom stereocenters. The van der Waals surface area contributed by atoms with E-state index in [1.807, 2.05) is 0 Å². The summed E-state index contributed by atoms with van der Waals surface area (Å²) >= 11 is 0. The third-order valence-electron chi connectivity index (χ3n) is 6.26. The van der Waals surface area contributed by atoms with E-state index < -0.39 is 5.60 Å². The molecule has 1 aromatic carbocycles. The van der Waals surface area contributed by atoms with Crippen molar-refractivity contribution in [1.29, 1.82) is 0 Å². The van der Waals surface area contributed by atoms with Crippen LogP contribution < -0.4 is 9.64 Å². The summed E-state index contributed by atoms with van der Waals surface area (Å²) in [6.45, 7) is 10.7. The molecular formula is C21H33NO2. The minimum Gasteiger partial charge on any atom is -0.491 e. The lowest BCUT2D eigenvalue weighted by atomic mass is 9.65. The average molecular weight is 332 g/mol. The topological polar surface area (TPSA) is 32.7 Å². The van der Waals surface area contributed by atoms with Gasteiger partial charge in [0.2, 0.25) is 0 Å². The molecule has 0 unspecified atom stereocenters. The molecule has 1 N–H and O–H groups in total. The molecule has 0 radical (unpaired) electrons. The van der Waals surface area contributed by atoms with E-state index in [4.69, 9.17) is 4.74 Å². The Hall–Kier alpha value is -1.22. The number of rotatable bonds is 4. The highest BCUT2D eigenvalue weighted by Gasteiger charge is 2.46. The molecule has 24 heavy (non-hydrogen) atoms. The van der Waals surface area contributed by atoms with Gasteiger partial charge < -0.3 is 14.7 Å². The number of nitrogens with zero attached hydrogens (tertiary/aromatic N) is 1. The molecule has 3 nitrogen and oxygen atoms in total. The molecule has 134 valence electrons. The van der Waals surface area contributed by atoms with Crippen molar-refractivity contribution in [1.82, 2.24) is 0 Å². The molecule has 2 fully saturated rings. The average Bonchev–Trinajstić information content (AvgIpc) is 2.95. The number of ether oxygens (including phenoxy) is 1. The van der Waals surface area contributed by atoms with Crippen LogP contribution in [0.15, 0.2) is 24.3 Å². The van der Waals surface area contributed by atoms with E-state index in [0.29, 0.717) is 11.3 Å². The van der Waals surface area contributed by atoms with Gasteiger partial charge in [-0.2, -0.15) is 0 Å². The molecule has 1 aromatic rings. The van der Waals surface area contributed by atoms with Crippen LogP contribution in [0.1, 0.15) is 59.8 Å². The summed E-state index contributed by atoms with van der Waals surface area (Å²) < 4.78 is 5.74. The molecule has 0 bridgehead atoms. The molecule has 1 saturated carbocycles. The van der Waals surface area contributed by atoms with Gasteiger partial charge in [0.25, 0.3) is 0 Å². The predicted octanol–water partition coefficient (Wildman–Crippen LogP) is 4.63. The van der Waals surface area contributed by atoms with Crippen LogP contribution in [0.25, 0.3) is 0 Å². The van der Waals surface area contributed by atoms with Crippen molar-refractivity contribution >= 4 is 5.69 Å². The number of benzene rings is 1. The first-order chi connectivity index (χ1) is 11.3. The number of anilines is 1. The lowest BCUT2D eigenvalue weighted by molar-refractivity contribution is -0.0634. The van der Waals surface area contributed by atoms with Crippen molar-refractivity contribution < 1.29 is 9.84 Å². The second kappa shape index (κ2) is 6.59. The molecule has 0 aromatic heterocycles. The summed E-state index contributed by atoms with van der Waals surface area (Å²) in [5, 5.41) is 10.8. The van der Waals surface area contributed by atoms with Crippen LogP contribution in [0.3, 0.4) is 0 Å². The Morgan fingerprint density at radius 2 is 1.58 bits per heavy atom. The van der Waals surface area contributed by atoms with Gasteiger partial charge >= 0.3 is 0 Å². The first-order valence-corrected chi connectivity index (χ1v) is 9.56. The molecule has 1 heterocycles. The fourth-order valence-corrected chi connectivity index (χ4v) is 4.36. The Kier molecular flexibility index (Phi) is 4.83. The van der Waals surface area contributed by atoms with Crippen molar-refractivity contribution in [3.63, 3.8) is 0 Å². The van der Waals surface area contributed by atoms with Gasteiger partial charge in [0, 0.05) is 18.8 Å². The lowest BCUT2D eigenvalue weighted by Gasteiger charge is -2.44. The minimum absolute atomic E-state index is 0.216. The maximum atomic E-state index is 10.8. The van der Waals surface area contributed by atoms with Gasteiger partial charge in [-0.15, -0.1) is 0 Å². The van der Waals surface area contributed by atoms with Crippen molar-refractivity contribution in [3.05, 3.63) is 24.3 Å². The van der Waals surface area contributed by atoms with Gasteiger partial charge in [0.15, 0.2) is 0 Å². The van der Waals surface area contributed by atoms with Crippen molar-refractivity contribution in [2.24, 2.45) is 11.3 Å². The SMILES string of the molecule is CC(C)Oc1ccc(N2CCC3(CCC(O)(C(C)C)CC3)C2)cc1. The smallest absolute Gasteiger partial charge is 0.119 e. The Labute approximate surface area is 147 Å². The second-order valence-corrected chi connectivity index (χ2v) is 8.59. The Balaban J connectivity index is 1.61. The molecule has 1 aliphatic carbocycles. The van der Waals surface area contributed by atoms with Crippen LogP contribution >= 0.6 is 0 Å². The molecule has 1 spiro atoms. The zero-order chi connectivity index (χ0) is 17.4. The Morgan fingerprint density at radius 1 is 0.958 bits per heavy atom. The Bertz CT molecular complexity index is 541. The number of aliphatic hydroxyl groups is 1. The van der Waals surface area contributed by atoms with Crippen molar-refractivity contribution in [2.75, 3.05) is 18.0 Å². The summed E-state index contributed by atoms with van der Waals surface area (Å²) in [7, 11) is 0. The summed E-state index contributed by atoms with van der Waals surface area (Å²) in [4.78, 5) is 2.51. The van der Waals surface area contributed by atoms with E-state index in [0.717, 1.165) is 44.5 Å². The van der Waals surface area contributed by atoms with Gasteiger partial charge in [0.1, 0.15) is 5.75 Å². The lowest BCUT2D eigenvalue weighted by Crippen LogP contribution is -2.43. The molecule has 3 heteroatoms. The summed E-state index contributed by atoms with van der Waals surface area (Å²) in [5.74, 6) is 1.31. The first-order valence-electron chi connectivity index (χ1n) is 9.56. The second-order valence-electron chi connectivity index (χ2n) is 8.59. The third-order valence-corrected chi connectivity index (χ3v) is 6.26. The number of hydrogen-bond donors (Lipinski definition) is 1. The molecular weight excluding hydrogens is 298 g/mol. The highest BCUT2D eigenvalue weighted by atomic mass is 16.5. The predicted molar refractivity (Wildman–Crippen MR) is 99.7 cm³/mol. The van der Waals surface area contributed by atoms with Gasteiger partial charge in [0.05, 0.1) is 11.7 Å². The van der Waals surface area contributed by atoms with Crippen LogP contribution in [0.5, 0.6) is 5.75 Å². The molecule has 1 aliphatic heterocycles. The van der Waals surface area contributed by atoms with E-state index in [-0.39, 0.29) is 6.10 Å². The zero-order valence-corrected chi connectivity index (χ0v) is 15.7. The fourth-order valence-electron chi connectivity index (χ4n) is 4.36. The van der Waals surface area contributed by atoms with E-state index in [2.05, 4.69) is 56.9 Å². The summed E-state index contributed by atoms with van der Waals surface area (Å²) in [6, 6.07) is 8.53. The van der Waals surface area contributed by atoms with Gasteiger partial charge in [-0.05, 0) is 81.5 Å². The van der Waals surface area contributed by atoms with Crippen LogP contribution in [-0.4, -0.2) is 29.9 Å².